The number of piperazine rings is 2. The molecule has 7 nitrogen and oxygen atoms in total. The quantitative estimate of drug-likeness (QED) is 0.826. The van der Waals surface area contributed by atoms with Gasteiger partial charge in [-0.3, -0.25) is 14.4 Å². The van der Waals surface area contributed by atoms with Gasteiger partial charge in [-0.2, -0.15) is 5.26 Å². The molecule has 0 aromatic heterocycles. The molecule has 2 aliphatic heterocycles. The number of nitrogens with one attached hydrogen (secondary N) is 1. The Kier molecular flexibility index (Phi) is 5.19. The zero-order valence-electron chi connectivity index (χ0n) is 16.0. The number of nitriles is 1. The van der Waals surface area contributed by atoms with E-state index >= 15 is 0 Å². The number of amides is 3. The summed E-state index contributed by atoms with van der Waals surface area (Å²) in [5.74, 6) is -1.11. The van der Waals surface area contributed by atoms with Gasteiger partial charge in [-0.25, -0.2) is 4.39 Å². The standard InChI is InChI=1S/C22H19FN4O3/c23-17-7-3-14(4-8-17)11-18-22(30)27-10-9-26(13-19(27)20(28)25-18)21(29)16-5-1-15(12-24)2-6-16/h1-8,18-19H,9-11,13H2,(H,25,28)/t18-,19-/m1/s1. The van der Waals surface area contributed by atoms with Crippen LogP contribution < -0.4 is 5.32 Å². The minimum atomic E-state index is -0.738. The third-order valence-electron chi connectivity index (χ3n) is 5.48. The highest BCUT2D eigenvalue weighted by Gasteiger charge is 2.44. The second-order valence-electron chi connectivity index (χ2n) is 7.38. The number of rotatable bonds is 3. The second kappa shape index (κ2) is 7.95. The van der Waals surface area contributed by atoms with Gasteiger partial charge < -0.3 is 15.1 Å². The van der Waals surface area contributed by atoms with Crippen molar-refractivity contribution < 1.29 is 18.8 Å². The maximum atomic E-state index is 13.1. The van der Waals surface area contributed by atoms with E-state index in [1.54, 1.807) is 41.3 Å². The molecule has 3 amide bonds. The first kappa shape index (κ1) is 19.6. The molecule has 152 valence electrons. The van der Waals surface area contributed by atoms with Crippen molar-refractivity contribution in [1.82, 2.24) is 15.1 Å². The molecule has 8 heteroatoms. The summed E-state index contributed by atoms with van der Waals surface area (Å²) in [6.07, 6.45) is 0.280. The third kappa shape index (κ3) is 3.74. The molecule has 0 spiro atoms. The fourth-order valence-electron chi connectivity index (χ4n) is 3.85. The Balaban J connectivity index is 1.44. The summed E-state index contributed by atoms with van der Waals surface area (Å²) in [5.41, 5.74) is 1.64. The van der Waals surface area contributed by atoms with Crippen LogP contribution in [0.4, 0.5) is 4.39 Å². The smallest absolute Gasteiger partial charge is 0.253 e. The fraction of sp³-hybridized carbons (Fsp3) is 0.273. The molecule has 2 aliphatic rings. The number of carbonyl (C=O) groups is 3. The molecule has 2 heterocycles. The van der Waals surface area contributed by atoms with Crippen LogP contribution >= 0.6 is 0 Å². The lowest BCUT2D eigenvalue weighted by Gasteiger charge is -2.45. The summed E-state index contributed by atoms with van der Waals surface area (Å²) in [6.45, 7) is 0.691. The monoisotopic (exact) mass is 406 g/mol. The van der Waals surface area contributed by atoms with E-state index in [1.807, 2.05) is 6.07 Å². The van der Waals surface area contributed by atoms with Gasteiger partial charge in [-0.05, 0) is 42.0 Å². The molecule has 1 N–H and O–H groups in total. The lowest BCUT2D eigenvalue weighted by molar-refractivity contribution is -0.152. The molecule has 2 atom stereocenters. The van der Waals surface area contributed by atoms with Gasteiger partial charge in [0.1, 0.15) is 17.9 Å². The number of halogens is 1. The first-order valence-corrected chi connectivity index (χ1v) is 9.61. The van der Waals surface area contributed by atoms with Crippen LogP contribution in [0.5, 0.6) is 0 Å². The van der Waals surface area contributed by atoms with Gasteiger partial charge in [0.05, 0.1) is 18.2 Å². The summed E-state index contributed by atoms with van der Waals surface area (Å²) < 4.78 is 13.1. The van der Waals surface area contributed by atoms with Crippen LogP contribution in [0.3, 0.4) is 0 Å². The van der Waals surface area contributed by atoms with Crippen LogP contribution in [-0.2, 0) is 16.0 Å². The Labute approximate surface area is 172 Å². The topological polar surface area (TPSA) is 93.5 Å². The van der Waals surface area contributed by atoms with Crippen molar-refractivity contribution in [2.24, 2.45) is 0 Å². The average Bonchev–Trinajstić information content (AvgIpc) is 2.78. The van der Waals surface area contributed by atoms with Gasteiger partial charge in [-0.15, -0.1) is 0 Å². The lowest BCUT2D eigenvalue weighted by Crippen LogP contribution is -2.70. The third-order valence-corrected chi connectivity index (χ3v) is 5.48. The van der Waals surface area contributed by atoms with Crippen molar-refractivity contribution in [1.29, 1.82) is 5.26 Å². The zero-order valence-corrected chi connectivity index (χ0v) is 16.0. The van der Waals surface area contributed by atoms with Gasteiger partial charge in [0.2, 0.25) is 11.8 Å². The molecule has 2 aromatic rings. The Hall–Kier alpha value is -3.73. The SMILES string of the molecule is N#Cc1ccc(C(=O)N2CCN3C(=O)[C@@H](Cc4ccc(F)cc4)NC(=O)[C@H]3C2)cc1. The molecule has 2 fully saturated rings. The van der Waals surface area contributed by atoms with E-state index in [2.05, 4.69) is 5.32 Å². The molecule has 0 bridgehead atoms. The average molecular weight is 406 g/mol. The molecular formula is C22H19FN4O3. The summed E-state index contributed by atoms with van der Waals surface area (Å²) in [6, 6.07) is 12.7. The molecule has 2 aromatic carbocycles. The summed E-state index contributed by atoms with van der Waals surface area (Å²) in [4.78, 5) is 41.4. The van der Waals surface area contributed by atoms with E-state index in [4.69, 9.17) is 5.26 Å². The van der Waals surface area contributed by atoms with Crippen molar-refractivity contribution in [3.8, 4) is 6.07 Å². The van der Waals surface area contributed by atoms with Gasteiger partial charge in [-0.1, -0.05) is 12.1 Å². The summed E-state index contributed by atoms with van der Waals surface area (Å²) in [5, 5.41) is 11.6. The lowest BCUT2D eigenvalue weighted by atomic mass is 9.98. The van der Waals surface area contributed by atoms with Crippen molar-refractivity contribution in [3.63, 3.8) is 0 Å². The Morgan fingerprint density at radius 3 is 2.47 bits per heavy atom. The fourth-order valence-corrected chi connectivity index (χ4v) is 3.85. The second-order valence-corrected chi connectivity index (χ2v) is 7.38. The predicted molar refractivity (Wildman–Crippen MR) is 105 cm³/mol. The number of nitrogens with zero attached hydrogens (tertiary/aromatic N) is 3. The predicted octanol–water partition coefficient (Wildman–Crippen LogP) is 1.09. The van der Waals surface area contributed by atoms with Crippen molar-refractivity contribution >= 4 is 17.7 Å². The highest BCUT2D eigenvalue weighted by Crippen LogP contribution is 2.20. The van der Waals surface area contributed by atoms with Crippen LogP contribution in [0.25, 0.3) is 0 Å². The maximum absolute atomic E-state index is 13.1. The number of fused-ring (bicyclic) bond motifs is 1. The molecule has 2 saturated heterocycles. The summed E-state index contributed by atoms with van der Waals surface area (Å²) in [7, 11) is 0. The molecule has 4 rings (SSSR count). The largest absolute Gasteiger partial charge is 0.342 e. The minimum Gasteiger partial charge on any atom is -0.342 e. The normalized spacial score (nSPS) is 20.9. The van der Waals surface area contributed by atoms with E-state index in [1.165, 1.54) is 17.0 Å². The highest BCUT2D eigenvalue weighted by molar-refractivity contribution is 5.99. The highest BCUT2D eigenvalue weighted by atomic mass is 19.1. The minimum absolute atomic E-state index is 0.111. The number of hydrogen-bond donors (Lipinski definition) is 1. The van der Waals surface area contributed by atoms with Gasteiger partial charge >= 0.3 is 0 Å². The molecule has 0 saturated carbocycles. The van der Waals surface area contributed by atoms with Crippen LogP contribution in [0.1, 0.15) is 21.5 Å². The first-order valence-electron chi connectivity index (χ1n) is 9.61. The number of benzene rings is 2. The maximum Gasteiger partial charge on any atom is 0.253 e. The Morgan fingerprint density at radius 1 is 1.10 bits per heavy atom. The summed E-state index contributed by atoms with van der Waals surface area (Å²) >= 11 is 0. The van der Waals surface area contributed by atoms with E-state index in [-0.39, 0.29) is 43.0 Å². The van der Waals surface area contributed by atoms with Crippen LogP contribution in [0, 0.1) is 17.1 Å². The van der Waals surface area contributed by atoms with Crippen LogP contribution in [-0.4, -0.2) is 59.2 Å². The zero-order chi connectivity index (χ0) is 21.3. The van der Waals surface area contributed by atoms with Crippen LogP contribution in [0.15, 0.2) is 48.5 Å². The van der Waals surface area contributed by atoms with Crippen molar-refractivity contribution in [2.75, 3.05) is 19.6 Å². The van der Waals surface area contributed by atoms with E-state index in [0.717, 1.165) is 5.56 Å². The molecule has 0 unspecified atom stereocenters. The van der Waals surface area contributed by atoms with Gasteiger partial charge in [0.25, 0.3) is 5.91 Å². The van der Waals surface area contributed by atoms with E-state index in [0.29, 0.717) is 17.7 Å². The van der Waals surface area contributed by atoms with Gasteiger partial charge in [0.15, 0.2) is 0 Å². The van der Waals surface area contributed by atoms with Gasteiger partial charge in [0, 0.05) is 25.1 Å². The molecule has 0 radical (unpaired) electrons. The molecule has 0 aliphatic carbocycles. The van der Waals surface area contributed by atoms with Crippen molar-refractivity contribution in [3.05, 3.63) is 71.0 Å². The number of hydrogen-bond acceptors (Lipinski definition) is 4. The van der Waals surface area contributed by atoms with Crippen molar-refractivity contribution in [2.45, 2.75) is 18.5 Å². The Bertz CT molecular complexity index is 1030. The molecular weight excluding hydrogens is 387 g/mol. The van der Waals surface area contributed by atoms with E-state index < -0.39 is 12.1 Å². The number of carbonyl (C=O) groups excluding carboxylic acids is 3. The first-order chi connectivity index (χ1) is 14.5. The Morgan fingerprint density at radius 2 is 1.80 bits per heavy atom. The molecule has 30 heavy (non-hydrogen) atoms. The van der Waals surface area contributed by atoms with E-state index in [9.17, 15) is 18.8 Å². The van der Waals surface area contributed by atoms with Crippen LogP contribution in [0.2, 0.25) is 0 Å².